The van der Waals surface area contributed by atoms with Crippen LogP contribution in [0.4, 0.5) is 5.69 Å². The predicted octanol–water partition coefficient (Wildman–Crippen LogP) is -0.272. The first-order valence-corrected chi connectivity index (χ1v) is 8.31. The van der Waals surface area contributed by atoms with E-state index in [1.807, 2.05) is 12.2 Å². The van der Waals surface area contributed by atoms with Crippen LogP contribution in [0.2, 0.25) is 0 Å². The first kappa shape index (κ1) is 24.9. The second-order valence-corrected chi connectivity index (χ2v) is 6.76. The van der Waals surface area contributed by atoms with Gasteiger partial charge in [-0.2, -0.15) is 6.08 Å². The normalized spacial score (nSPS) is 18.8. The van der Waals surface area contributed by atoms with Crippen LogP contribution in [0.25, 0.3) is 5.57 Å². The van der Waals surface area contributed by atoms with Gasteiger partial charge in [-0.15, -0.1) is 35.7 Å². The zero-order valence-electron chi connectivity index (χ0n) is 14.8. The molecule has 3 aliphatic rings. The SMILES string of the molecule is CC1=C(C)C2C(=C1C)c1[c-]cc(C)cc1N2Br.[C-]1=CC=CC1.[Cl-].[Cl-].[Zr+4]. The molecule has 0 spiro atoms. The number of hydrogen-bond acceptors (Lipinski definition) is 1. The maximum atomic E-state index is 3.72. The van der Waals surface area contributed by atoms with Crippen LogP contribution in [-0.2, 0) is 26.2 Å². The number of hydrogen-bond donors (Lipinski definition) is 0. The third kappa shape index (κ3) is 4.61. The predicted molar refractivity (Wildman–Crippen MR) is 97.7 cm³/mol. The number of benzene rings is 1. The molecule has 0 bridgehead atoms. The Kier molecular flexibility index (Phi) is 10.3. The summed E-state index contributed by atoms with van der Waals surface area (Å²) in [5, 5.41) is 0. The minimum atomic E-state index is 0. The molecule has 0 aromatic heterocycles. The van der Waals surface area contributed by atoms with E-state index in [9.17, 15) is 0 Å². The van der Waals surface area contributed by atoms with Crippen molar-refractivity contribution >= 4 is 27.4 Å². The number of nitrogens with zero attached hydrogens (tertiary/aromatic N) is 1. The summed E-state index contributed by atoms with van der Waals surface area (Å²) in [4.78, 5) is 0. The standard InChI is InChI=1S/C15H15BrN.C5H5.2ClH.Zr/c1-8-5-6-12-13(7-8)17(16)15-11(4)9(2)10(3)14(12)15;1-2-4-5-3-1;;;/h5,7,15H,1-4H3;1-3H,4H2;2*1H;/q2*-1;;;+4/p-2. The van der Waals surface area contributed by atoms with Crippen LogP contribution in [0.5, 0.6) is 0 Å². The van der Waals surface area contributed by atoms with Gasteiger partial charge in [-0.1, -0.05) is 29.2 Å². The van der Waals surface area contributed by atoms with Crippen molar-refractivity contribution in [2.75, 3.05) is 3.93 Å². The van der Waals surface area contributed by atoms with Gasteiger partial charge in [0.2, 0.25) is 0 Å². The second kappa shape index (κ2) is 10.3. The molecule has 1 nitrogen and oxygen atoms in total. The zero-order chi connectivity index (χ0) is 15.9. The fraction of sp³-hybridized carbons (Fsp3) is 0.300. The van der Waals surface area contributed by atoms with E-state index in [4.69, 9.17) is 0 Å². The van der Waals surface area contributed by atoms with Crippen molar-refractivity contribution < 1.29 is 51.0 Å². The van der Waals surface area contributed by atoms with Gasteiger partial charge in [0.15, 0.2) is 0 Å². The van der Waals surface area contributed by atoms with Gasteiger partial charge in [0.25, 0.3) is 0 Å². The number of aryl methyl sites for hydroxylation is 1. The first-order chi connectivity index (χ1) is 10.5. The summed E-state index contributed by atoms with van der Waals surface area (Å²) in [7, 11) is 0. The van der Waals surface area contributed by atoms with Crippen molar-refractivity contribution in [2.45, 2.75) is 40.2 Å². The maximum Gasteiger partial charge on any atom is 4.00 e. The van der Waals surface area contributed by atoms with Crippen molar-refractivity contribution in [1.82, 2.24) is 0 Å². The van der Waals surface area contributed by atoms with Crippen LogP contribution in [0, 0.1) is 19.1 Å². The monoisotopic (exact) mass is 513 g/mol. The van der Waals surface area contributed by atoms with E-state index in [-0.39, 0.29) is 51.0 Å². The largest absolute Gasteiger partial charge is 4.00 e. The molecule has 0 fully saturated rings. The Morgan fingerprint density at radius 3 is 2.32 bits per heavy atom. The second-order valence-electron chi connectivity index (χ2n) is 6.00. The third-order valence-corrected chi connectivity index (χ3v) is 5.41. The fourth-order valence-corrected chi connectivity index (χ4v) is 3.98. The Balaban J connectivity index is 0.000000630. The van der Waals surface area contributed by atoms with Crippen molar-refractivity contribution in [3.63, 3.8) is 0 Å². The van der Waals surface area contributed by atoms with Gasteiger partial charge < -0.3 is 28.7 Å². The average molecular weight is 516 g/mol. The Morgan fingerprint density at radius 2 is 1.80 bits per heavy atom. The topological polar surface area (TPSA) is 3.24 Å². The number of anilines is 1. The van der Waals surface area contributed by atoms with E-state index in [0.29, 0.717) is 6.04 Å². The quantitative estimate of drug-likeness (QED) is 0.339. The van der Waals surface area contributed by atoms with E-state index >= 15 is 0 Å². The zero-order valence-corrected chi connectivity index (χ0v) is 20.3. The van der Waals surface area contributed by atoms with Crippen molar-refractivity contribution in [3.8, 4) is 0 Å². The summed E-state index contributed by atoms with van der Waals surface area (Å²) >= 11 is 3.72. The van der Waals surface area contributed by atoms with Gasteiger partial charge in [-0.3, -0.25) is 6.08 Å². The van der Waals surface area contributed by atoms with E-state index in [1.165, 1.54) is 39.1 Å². The smallest absolute Gasteiger partial charge is 1.00 e. The molecule has 130 valence electrons. The fourth-order valence-electron chi connectivity index (χ4n) is 3.18. The molecule has 0 N–H and O–H groups in total. The van der Waals surface area contributed by atoms with Crippen LogP contribution in [0.1, 0.15) is 38.3 Å². The Hall–Kier alpha value is -0.0769. The molecule has 1 atom stereocenters. The summed E-state index contributed by atoms with van der Waals surface area (Å²) in [6.07, 6.45) is 10.0. The van der Waals surface area contributed by atoms with E-state index in [1.54, 1.807) is 0 Å². The Bertz CT molecular complexity index is 740. The summed E-state index contributed by atoms with van der Waals surface area (Å²) in [6.45, 7) is 8.77. The molecule has 1 aromatic rings. The maximum absolute atomic E-state index is 3.72. The van der Waals surface area contributed by atoms with Gasteiger partial charge in [-0.25, -0.2) is 12.2 Å². The molecule has 1 heterocycles. The minimum absolute atomic E-state index is 0. The van der Waals surface area contributed by atoms with Gasteiger partial charge in [0.05, 0.1) is 0 Å². The Morgan fingerprint density at radius 1 is 1.12 bits per heavy atom. The van der Waals surface area contributed by atoms with E-state index < -0.39 is 0 Å². The minimum Gasteiger partial charge on any atom is -1.00 e. The number of fused-ring (bicyclic) bond motifs is 3. The van der Waals surface area contributed by atoms with Gasteiger partial charge >= 0.3 is 26.2 Å². The van der Waals surface area contributed by atoms with Crippen molar-refractivity contribution in [3.05, 3.63) is 70.3 Å². The summed E-state index contributed by atoms with van der Waals surface area (Å²) < 4.78 is 2.20. The molecule has 0 radical (unpaired) electrons. The summed E-state index contributed by atoms with van der Waals surface area (Å²) in [5.74, 6) is 0. The van der Waals surface area contributed by atoms with Crippen LogP contribution in [-0.4, -0.2) is 6.04 Å². The molecule has 0 amide bonds. The molecule has 25 heavy (non-hydrogen) atoms. The van der Waals surface area contributed by atoms with Gasteiger partial charge in [-0.05, 0) is 26.5 Å². The van der Waals surface area contributed by atoms with Crippen molar-refractivity contribution in [2.24, 2.45) is 0 Å². The Labute approximate surface area is 191 Å². The number of rotatable bonds is 0. The molecule has 0 saturated carbocycles. The van der Waals surface area contributed by atoms with E-state index in [0.717, 1.165) is 6.42 Å². The van der Waals surface area contributed by atoms with Gasteiger partial charge in [0, 0.05) is 22.2 Å². The molecule has 4 rings (SSSR count). The molecular weight excluding hydrogens is 496 g/mol. The molecule has 1 unspecified atom stereocenters. The van der Waals surface area contributed by atoms with Crippen molar-refractivity contribution in [1.29, 1.82) is 0 Å². The van der Waals surface area contributed by atoms with Crippen LogP contribution in [0.15, 0.2) is 47.1 Å². The summed E-state index contributed by atoms with van der Waals surface area (Å²) in [6, 6.07) is 8.10. The van der Waals surface area contributed by atoms with Gasteiger partial charge in [0.1, 0.15) is 0 Å². The summed E-state index contributed by atoms with van der Waals surface area (Å²) in [5.41, 5.74) is 9.46. The third-order valence-electron chi connectivity index (χ3n) is 4.62. The van der Waals surface area contributed by atoms with Crippen LogP contribution >= 0.6 is 16.1 Å². The number of halogens is 3. The van der Waals surface area contributed by atoms with Crippen LogP contribution < -0.4 is 28.7 Å². The van der Waals surface area contributed by atoms with Crippen LogP contribution in [0.3, 0.4) is 0 Å². The first-order valence-electron chi connectivity index (χ1n) is 7.60. The molecule has 1 aromatic carbocycles. The molecule has 0 saturated heterocycles. The van der Waals surface area contributed by atoms with E-state index in [2.05, 4.69) is 78.1 Å². The molecule has 1 aliphatic heterocycles. The molecular formula is C20H20BrCl2NZr. The number of allylic oxidation sites excluding steroid dienone is 6. The molecule has 5 heteroatoms. The average Bonchev–Trinajstić information content (AvgIpc) is 3.20. The molecule has 2 aliphatic carbocycles.